The van der Waals surface area contributed by atoms with Gasteiger partial charge in [-0.3, -0.25) is 9.69 Å². The summed E-state index contributed by atoms with van der Waals surface area (Å²) in [5, 5.41) is 3.00. The summed E-state index contributed by atoms with van der Waals surface area (Å²) >= 11 is 3.32. The summed E-state index contributed by atoms with van der Waals surface area (Å²) in [6, 6.07) is 4.44. The number of carbonyl (C=O) groups excluding carboxylic acids is 1. The highest BCUT2D eigenvalue weighted by atomic mass is 79.9. The lowest BCUT2D eigenvalue weighted by atomic mass is 9.92. The maximum Gasteiger partial charge on any atom is 0.252 e. The van der Waals surface area contributed by atoms with Gasteiger partial charge < -0.3 is 10.1 Å². The molecule has 4 nitrogen and oxygen atoms in total. The second kappa shape index (κ2) is 9.49. The fourth-order valence-corrected chi connectivity index (χ4v) is 3.73. The molecule has 0 unspecified atom stereocenters. The summed E-state index contributed by atoms with van der Waals surface area (Å²) in [6.45, 7) is 8.19. The molecule has 0 saturated carbocycles. The first-order chi connectivity index (χ1) is 11.6. The monoisotopic (exact) mass is 400 g/mol. The third kappa shape index (κ3) is 5.01. The summed E-state index contributed by atoms with van der Waals surface area (Å²) in [6.07, 6.45) is 2.14. The Balaban J connectivity index is 2.05. The molecule has 6 heteroatoms. The average molecular weight is 401 g/mol. The minimum absolute atomic E-state index is 0.245. The molecule has 0 radical (unpaired) electrons. The van der Waals surface area contributed by atoms with E-state index in [2.05, 4.69) is 40.0 Å². The number of morpholine rings is 1. The molecule has 1 N–H and O–H groups in total. The van der Waals surface area contributed by atoms with Crippen LogP contribution >= 0.6 is 15.9 Å². The normalized spacial score (nSPS) is 17.0. The van der Waals surface area contributed by atoms with E-state index in [1.165, 1.54) is 12.1 Å². The van der Waals surface area contributed by atoms with Crippen molar-refractivity contribution < 1.29 is 13.9 Å². The molecule has 0 aromatic heterocycles. The molecule has 1 atom stereocenters. The Kier molecular flexibility index (Phi) is 7.65. The first-order valence-corrected chi connectivity index (χ1v) is 9.41. The van der Waals surface area contributed by atoms with E-state index < -0.39 is 5.82 Å². The lowest BCUT2D eigenvalue weighted by Gasteiger charge is -2.38. The van der Waals surface area contributed by atoms with Gasteiger partial charge in [0, 0.05) is 30.1 Å². The molecule has 134 valence electrons. The number of nitrogens with one attached hydrogen (secondary N) is 1. The summed E-state index contributed by atoms with van der Waals surface area (Å²) in [4.78, 5) is 14.9. The van der Waals surface area contributed by atoms with Gasteiger partial charge in [0.1, 0.15) is 5.82 Å². The van der Waals surface area contributed by atoms with Gasteiger partial charge >= 0.3 is 0 Å². The molecular weight excluding hydrogens is 375 g/mol. The van der Waals surface area contributed by atoms with Crippen LogP contribution in [0.25, 0.3) is 0 Å². The molecule has 24 heavy (non-hydrogen) atoms. The largest absolute Gasteiger partial charge is 0.379 e. The lowest BCUT2D eigenvalue weighted by molar-refractivity contribution is 0.00191. The Morgan fingerprint density at radius 1 is 1.33 bits per heavy atom. The minimum atomic E-state index is -0.409. The van der Waals surface area contributed by atoms with Gasteiger partial charge in [-0.1, -0.05) is 26.7 Å². The molecule has 1 aliphatic rings. The van der Waals surface area contributed by atoms with Crippen LogP contribution in [0.4, 0.5) is 4.39 Å². The molecule has 1 aromatic carbocycles. The lowest BCUT2D eigenvalue weighted by Crippen LogP contribution is -2.52. The van der Waals surface area contributed by atoms with E-state index in [0.717, 1.165) is 39.1 Å². The van der Waals surface area contributed by atoms with Gasteiger partial charge in [0.15, 0.2) is 0 Å². The van der Waals surface area contributed by atoms with Crippen LogP contribution < -0.4 is 5.32 Å². The number of halogens is 2. The van der Waals surface area contributed by atoms with Gasteiger partial charge in [-0.05, 0) is 40.0 Å². The van der Waals surface area contributed by atoms with Crippen molar-refractivity contribution in [3.63, 3.8) is 0 Å². The Morgan fingerprint density at radius 3 is 2.62 bits per heavy atom. The predicted molar refractivity (Wildman–Crippen MR) is 96.7 cm³/mol. The van der Waals surface area contributed by atoms with Crippen LogP contribution in [0.15, 0.2) is 22.7 Å². The van der Waals surface area contributed by atoms with Crippen molar-refractivity contribution in [3.8, 4) is 0 Å². The maximum absolute atomic E-state index is 13.4. The zero-order valence-electron chi connectivity index (χ0n) is 14.4. The minimum Gasteiger partial charge on any atom is -0.379 e. The number of nitrogens with zero attached hydrogens (tertiary/aromatic N) is 1. The van der Waals surface area contributed by atoms with Crippen molar-refractivity contribution in [3.05, 3.63) is 34.1 Å². The molecule has 0 bridgehead atoms. The standard InChI is InChI=1S/C18H26BrFN2O2/c1-3-13(4-2)17(22-7-9-24-10-8-22)12-21-18(23)15-11-14(20)5-6-16(15)19/h5-6,11,13,17H,3-4,7-10,12H2,1-2H3,(H,21,23)/t17-/m1/s1. The molecule has 1 amide bonds. The van der Waals surface area contributed by atoms with Crippen LogP contribution in [0.1, 0.15) is 37.0 Å². The molecule has 1 heterocycles. The van der Waals surface area contributed by atoms with Crippen LogP contribution in [-0.2, 0) is 4.74 Å². The van der Waals surface area contributed by atoms with Crippen LogP contribution in [0, 0.1) is 11.7 Å². The van der Waals surface area contributed by atoms with Gasteiger partial charge in [0.05, 0.1) is 18.8 Å². The highest BCUT2D eigenvalue weighted by Crippen LogP contribution is 2.21. The summed E-state index contributed by atoms with van der Waals surface area (Å²) in [7, 11) is 0. The van der Waals surface area contributed by atoms with Gasteiger partial charge in [-0.15, -0.1) is 0 Å². The second-order valence-corrected chi connectivity index (χ2v) is 6.98. The Morgan fingerprint density at radius 2 is 2.00 bits per heavy atom. The highest BCUT2D eigenvalue weighted by Gasteiger charge is 2.27. The van der Waals surface area contributed by atoms with E-state index in [9.17, 15) is 9.18 Å². The average Bonchev–Trinajstić information content (AvgIpc) is 2.61. The zero-order valence-corrected chi connectivity index (χ0v) is 15.9. The third-order valence-electron chi connectivity index (χ3n) is 4.75. The SMILES string of the molecule is CCC(CC)[C@@H](CNC(=O)c1cc(F)ccc1Br)N1CCOCC1. The van der Waals surface area contributed by atoms with Crippen LogP contribution in [0.5, 0.6) is 0 Å². The Bertz CT molecular complexity index is 546. The van der Waals surface area contributed by atoms with Gasteiger partial charge in [-0.2, -0.15) is 0 Å². The number of ether oxygens (including phenoxy) is 1. The number of rotatable bonds is 7. The molecule has 1 saturated heterocycles. The predicted octanol–water partition coefficient (Wildman–Crippen LogP) is 3.46. The van der Waals surface area contributed by atoms with Gasteiger partial charge in [0.2, 0.25) is 0 Å². The number of amides is 1. The molecule has 0 spiro atoms. The molecule has 2 rings (SSSR count). The quantitative estimate of drug-likeness (QED) is 0.761. The van der Waals surface area contributed by atoms with Crippen molar-refractivity contribution in [2.75, 3.05) is 32.8 Å². The van der Waals surface area contributed by atoms with Crippen LogP contribution in [-0.4, -0.2) is 49.7 Å². The smallest absolute Gasteiger partial charge is 0.252 e. The summed E-state index contributed by atoms with van der Waals surface area (Å²) in [5.74, 6) is -0.141. The van der Waals surface area contributed by atoms with E-state index in [4.69, 9.17) is 4.74 Å². The Hall–Kier alpha value is -0.980. The summed E-state index contributed by atoms with van der Waals surface area (Å²) in [5.41, 5.74) is 0.334. The molecule has 0 aliphatic carbocycles. The highest BCUT2D eigenvalue weighted by molar-refractivity contribution is 9.10. The van der Waals surface area contributed by atoms with Crippen LogP contribution in [0.2, 0.25) is 0 Å². The van der Waals surface area contributed by atoms with E-state index in [0.29, 0.717) is 22.5 Å². The van der Waals surface area contributed by atoms with Crippen molar-refractivity contribution in [2.45, 2.75) is 32.7 Å². The van der Waals surface area contributed by atoms with E-state index in [-0.39, 0.29) is 11.9 Å². The maximum atomic E-state index is 13.4. The molecule has 1 aromatic rings. The molecule has 1 fully saturated rings. The number of carbonyl (C=O) groups is 1. The van der Waals surface area contributed by atoms with Crippen molar-refractivity contribution >= 4 is 21.8 Å². The Labute approximate surface area is 151 Å². The van der Waals surface area contributed by atoms with E-state index in [1.807, 2.05) is 0 Å². The topological polar surface area (TPSA) is 41.6 Å². The first kappa shape index (κ1) is 19.3. The van der Waals surface area contributed by atoms with Crippen molar-refractivity contribution in [2.24, 2.45) is 5.92 Å². The zero-order chi connectivity index (χ0) is 17.5. The third-order valence-corrected chi connectivity index (χ3v) is 5.44. The number of hydrogen-bond donors (Lipinski definition) is 1. The van der Waals surface area contributed by atoms with Gasteiger partial charge in [-0.25, -0.2) is 4.39 Å². The molecular formula is C18H26BrFN2O2. The van der Waals surface area contributed by atoms with Crippen molar-refractivity contribution in [1.82, 2.24) is 10.2 Å². The van der Waals surface area contributed by atoms with Crippen molar-refractivity contribution in [1.29, 1.82) is 0 Å². The summed E-state index contributed by atoms with van der Waals surface area (Å²) < 4.78 is 19.5. The fraction of sp³-hybridized carbons (Fsp3) is 0.611. The van der Waals surface area contributed by atoms with E-state index in [1.54, 1.807) is 6.07 Å². The number of hydrogen-bond acceptors (Lipinski definition) is 3. The number of benzene rings is 1. The second-order valence-electron chi connectivity index (χ2n) is 6.13. The molecule has 1 aliphatic heterocycles. The van der Waals surface area contributed by atoms with E-state index >= 15 is 0 Å². The first-order valence-electron chi connectivity index (χ1n) is 8.61. The van der Waals surface area contributed by atoms with Gasteiger partial charge in [0.25, 0.3) is 5.91 Å². The fourth-order valence-electron chi connectivity index (χ4n) is 3.30. The van der Waals surface area contributed by atoms with Crippen LogP contribution in [0.3, 0.4) is 0 Å².